The summed E-state index contributed by atoms with van der Waals surface area (Å²) in [6.45, 7) is 21.9. The molecule has 4 rings (SSSR count). The van der Waals surface area contributed by atoms with Crippen molar-refractivity contribution < 1.29 is 33.4 Å². The molecule has 1 saturated heterocycles. The number of hydrogen-bond donors (Lipinski definition) is 3. The quantitative estimate of drug-likeness (QED) is 0.109. The molecule has 2 aromatic carbocycles. The number of aliphatic hydroxyl groups excluding tert-OH is 1. The molecule has 54 heavy (non-hydrogen) atoms. The smallest absolute Gasteiger partial charge is 0.408 e. The zero-order valence-electron chi connectivity index (χ0n) is 33.9. The van der Waals surface area contributed by atoms with E-state index in [9.17, 15) is 19.5 Å². The van der Waals surface area contributed by atoms with Gasteiger partial charge in [-0.15, -0.1) is 0 Å². The molecule has 11 nitrogen and oxygen atoms in total. The fraction of sp³-hybridized carbons (Fsp3) is 0.585. The van der Waals surface area contributed by atoms with Gasteiger partial charge in [0, 0.05) is 47.7 Å². The number of hydrazine groups is 1. The molecule has 0 bridgehead atoms. The van der Waals surface area contributed by atoms with Gasteiger partial charge in [0.1, 0.15) is 23.4 Å². The fourth-order valence-corrected chi connectivity index (χ4v) is 13.7. The number of nitrogens with one attached hydrogen (secondary N) is 2. The zero-order valence-corrected chi connectivity index (χ0v) is 36.5. The molecule has 1 aliphatic rings. The van der Waals surface area contributed by atoms with Crippen molar-refractivity contribution in [2.45, 2.75) is 129 Å². The molecule has 2 amide bonds. The van der Waals surface area contributed by atoms with Crippen molar-refractivity contribution in [3.05, 3.63) is 52.6 Å². The zero-order chi connectivity index (χ0) is 40.1. The van der Waals surface area contributed by atoms with Gasteiger partial charge in [-0.05, 0) is 107 Å². The molecule has 13 heteroatoms. The summed E-state index contributed by atoms with van der Waals surface area (Å²) in [7, 11) is -1.08. The normalized spacial score (nSPS) is 16.5. The molecule has 298 valence electrons. The highest BCUT2D eigenvalue weighted by atomic mass is 79.9. The largest absolute Gasteiger partial charge is 0.543 e. The molecule has 1 fully saturated rings. The average Bonchev–Trinajstić information content (AvgIpc) is 3.41. The average molecular weight is 830 g/mol. The molecular formula is C41H61BrN4O7Si. The van der Waals surface area contributed by atoms with Crippen molar-refractivity contribution in [1.82, 2.24) is 20.3 Å². The molecule has 1 aliphatic heterocycles. The molecule has 0 spiro atoms. The molecule has 3 atom stereocenters. The first kappa shape index (κ1) is 43.3. The van der Waals surface area contributed by atoms with E-state index in [1.165, 1.54) is 12.1 Å². The second-order valence-electron chi connectivity index (χ2n) is 16.7. The predicted molar refractivity (Wildman–Crippen MR) is 220 cm³/mol. The SMILES string of the molecule is COC(=O)[C@@H]1CCCN(C(=O)[C@H](Cc2cc(O[Si](C(C)C)(C(C)C)C(C)C)cc(-c3ccc4c(Br)cn(C[C@H](C)CO)c4c3)c2)NC(=O)OC(C)(C)C)N1. The third kappa shape index (κ3) is 10.3. The van der Waals surface area contributed by atoms with Crippen LogP contribution < -0.4 is 15.2 Å². The number of benzene rings is 2. The van der Waals surface area contributed by atoms with Gasteiger partial charge in [0.15, 0.2) is 0 Å². The first-order chi connectivity index (χ1) is 25.3. The van der Waals surface area contributed by atoms with Crippen LogP contribution in [0.2, 0.25) is 16.6 Å². The van der Waals surface area contributed by atoms with Crippen molar-refractivity contribution >= 4 is 53.1 Å². The van der Waals surface area contributed by atoms with Gasteiger partial charge in [-0.3, -0.25) is 14.6 Å². The number of aliphatic hydroxyl groups is 1. The number of ether oxygens (including phenoxy) is 2. The summed E-state index contributed by atoms with van der Waals surface area (Å²) in [5.41, 5.74) is 6.92. The van der Waals surface area contributed by atoms with Crippen molar-refractivity contribution in [2.75, 3.05) is 20.3 Å². The molecule has 1 aromatic heterocycles. The van der Waals surface area contributed by atoms with Crippen LogP contribution in [0.4, 0.5) is 4.79 Å². The Morgan fingerprint density at radius 1 is 1.00 bits per heavy atom. The lowest BCUT2D eigenvalue weighted by atomic mass is 9.97. The standard InChI is InChI=1S/C41H61BrN4O7Si/c1-25(2)54(26(3)4,27(5)6)53-32-18-29(17-31(20-32)30-14-15-33-34(42)23-45(37(33)21-30)22-28(7)24-47)19-36(43-40(50)52-41(8,9)10)38(48)46-16-12-13-35(44-46)39(49)51-11/h14-15,17-18,20-21,23,25-28,35-36,44,47H,12-13,16,19,22,24H2,1-11H3,(H,43,50)/t28-,35-,36-/m0/s1. The minimum atomic E-state index is -2.40. The van der Waals surface area contributed by atoms with Gasteiger partial charge in [0.05, 0.1) is 7.11 Å². The third-order valence-electron chi connectivity index (χ3n) is 10.3. The van der Waals surface area contributed by atoms with E-state index >= 15 is 0 Å². The lowest BCUT2D eigenvalue weighted by molar-refractivity contribution is -0.150. The lowest BCUT2D eigenvalue weighted by Crippen LogP contribution is -2.60. The van der Waals surface area contributed by atoms with E-state index in [1.807, 2.05) is 19.1 Å². The minimum Gasteiger partial charge on any atom is -0.543 e. The number of hydrogen-bond acceptors (Lipinski definition) is 8. The molecule has 3 N–H and O–H groups in total. The van der Waals surface area contributed by atoms with Crippen LogP contribution in [0.15, 0.2) is 47.1 Å². The summed E-state index contributed by atoms with van der Waals surface area (Å²) in [5.74, 6) is -0.0431. The Morgan fingerprint density at radius 2 is 1.67 bits per heavy atom. The lowest BCUT2D eigenvalue weighted by Gasteiger charge is -2.42. The van der Waals surface area contributed by atoms with Crippen molar-refractivity contribution in [3.8, 4) is 16.9 Å². The van der Waals surface area contributed by atoms with Crippen LogP contribution in [0, 0.1) is 5.92 Å². The highest BCUT2D eigenvalue weighted by Gasteiger charge is 2.47. The van der Waals surface area contributed by atoms with Gasteiger partial charge < -0.3 is 28.9 Å². The number of methoxy groups -OCH3 is 1. The van der Waals surface area contributed by atoms with E-state index < -0.39 is 38.1 Å². The molecule has 2 heterocycles. The number of carbonyl (C=O) groups is 3. The van der Waals surface area contributed by atoms with Gasteiger partial charge in [-0.1, -0.05) is 66.7 Å². The summed E-state index contributed by atoms with van der Waals surface area (Å²) >= 11 is 3.72. The number of aromatic nitrogens is 1. The number of nitrogens with zero attached hydrogens (tertiary/aromatic N) is 2. The Bertz CT molecular complexity index is 1760. The molecular weight excluding hydrogens is 768 g/mol. The van der Waals surface area contributed by atoms with E-state index in [-0.39, 0.29) is 24.9 Å². The number of alkyl carbamates (subject to hydrolysis) is 1. The Hall–Kier alpha value is -3.39. The molecule has 3 aromatic rings. The number of halogens is 1. The summed E-state index contributed by atoms with van der Waals surface area (Å²) < 4.78 is 21.0. The van der Waals surface area contributed by atoms with Gasteiger partial charge >= 0.3 is 12.1 Å². The maximum atomic E-state index is 14.3. The number of fused-ring (bicyclic) bond motifs is 1. The van der Waals surface area contributed by atoms with Crippen LogP contribution in [-0.4, -0.2) is 78.9 Å². The summed E-state index contributed by atoms with van der Waals surface area (Å²) in [6.07, 6.45) is 2.60. The molecule has 0 radical (unpaired) electrons. The van der Waals surface area contributed by atoms with Gasteiger partial charge in [-0.25, -0.2) is 10.2 Å². The summed E-state index contributed by atoms with van der Waals surface area (Å²) in [6, 6.07) is 10.8. The van der Waals surface area contributed by atoms with E-state index in [0.717, 1.165) is 37.8 Å². The number of amides is 2. The van der Waals surface area contributed by atoms with Crippen LogP contribution in [0.1, 0.15) is 87.6 Å². The highest BCUT2D eigenvalue weighted by molar-refractivity contribution is 9.10. The maximum absolute atomic E-state index is 14.3. The Balaban J connectivity index is 1.85. The minimum absolute atomic E-state index is 0.0740. The molecule has 0 saturated carbocycles. The number of rotatable bonds is 14. The van der Waals surface area contributed by atoms with Gasteiger partial charge in [0.2, 0.25) is 0 Å². The Morgan fingerprint density at radius 3 is 2.26 bits per heavy atom. The van der Waals surface area contributed by atoms with Gasteiger partial charge in [0.25, 0.3) is 14.2 Å². The third-order valence-corrected chi connectivity index (χ3v) is 17.0. The first-order valence-corrected chi connectivity index (χ1v) is 22.1. The topological polar surface area (TPSA) is 131 Å². The number of esters is 1. The summed E-state index contributed by atoms with van der Waals surface area (Å²) in [5, 5.41) is 15.1. The monoisotopic (exact) mass is 828 g/mol. The fourth-order valence-electron chi connectivity index (χ4n) is 7.86. The second-order valence-corrected chi connectivity index (χ2v) is 22.9. The second kappa shape index (κ2) is 18.0. The van der Waals surface area contributed by atoms with Crippen LogP contribution in [-0.2, 0) is 32.0 Å². The molecule has 0 aliphatic carbocycles. The van der Waals surface area contributed by atoms with E-state index in [1.54, 1.807) is 20.8 Å². The van der Waals surface area contributed by atoms with E-state index in [0.29, 0.717) is 42.6 Å². The van der Waals surface area contributed by atoms with Crippen LogP contribution in [0.5, 0.6) is 5.75 Å². The summed E-state index contributed by atoms with van der Waals surface area (Å²) in [4.78, 5) is 40.0. The van der Waals surface area contributed by atoms with Crippen molar-refractivity contribution in [1.29, 1.82) is 0 Å². The van der Waals surface area contributed by atoms with Gasteiger partial charge in [-0.2, -0.15) is 0 Å². The van der Waals surface area contributed by atoms with E-state index in [2.05, 4.69) is 103 Å². The molecule has 0 unspecified atom stereocenters. The highest BCUT2D eigenvalue weighted by Crippen LogP contribution is 2.44. The Labute approximate surface area is 330 Å². The number of carbonyl (C=O) groups excluding carboxylic acids is 3. The Kier molecular flexibility index (Phi) is 14.5. The maximum Gasteiger partial charge on any atom is 0.408 e. The predicted octanol–water partition coefficient (Wildman–Crippen LogP) is 8.36. The van der Waals surface area contributed by atoms with E-state index in [4.69, 9.17) is 13.9 Å². The van der Waals surface area contributed by atoms with Crippen LogP contribution in [0.25, 0.3) is 22.0 Å². The van der Waals surface area contributed by atoms with Crippen molar-refractivity contribution in [2.24, 2.45) is 5.92 Å². The van der Waals surface area contributed by atoms with Crippen molar-refractivity contribution in [3.63, 3.8) is 0 Å². The van der Waals surface area contributed by atoms with Crippen LogP contribution in [0.3, 0.4) is 0 Å². The van der Waals surface area contributed by atoms with Crippen LogP contribution >= 0.6 is 15.9 Å². The first-order valence-electron chi connectivity index (χ1n) is 19.2.